The van der Waals surface area contributed by atoms with Crippen LogP contribution in [0.15, 0.2) is 46.9 Å². The predicted octanol–water partition coefficient (Wildman–Crippen LogP) is 4.34. The number of ether oxygens (including phenoxy) is 1. The van der Waals surface area contributed by atoms with Crippen molar-refractivity contribution < 1.29 is 18.3 Å². The molecule has 1 saturated heterocycles. The summed E-state index contributed by atoms with van der Waals surface area (Å²) in [6.45, 7) is 4.93. The molecule has 2 heterocycles. The highest BCUT2D eigenvalue weighted by Gasteiger charge is 2.26. The molecule has 2 aromatic carbocycles. The van der Waals surface area contributed by atoms with Gasteiger partial charge in [-0.25, -0.2) is 4.39 Å². The molecule has 1 atom stereocenters. The van der Waals surface area contributed by atoms with Gasteiger partial charge in [0.25, 0.3) is 5.91 Å². The Morgan fingerprint density at radius 1 is 1.24 bits per heavy atom. The molecular weight excluding hydrogens is 395 g/mol. The van der Waals surface area contributed by atoms with Crippen LogP contribution in [0.4, 0.5) is 4.39 Å². The van der Waals surface area contributed by atoms with E-state index in [0.29, 0.717) is 41.3 Å². The second kappa shape index (κ2) is 8.53. The predicted molar refractivity (Wildman–Crippen MR) is 110 cm³/mol. The average molecular weight is 417 g/mol. The molecule has 0 saturated carbocycles. The van der Waals surface area contributed by atoms with E-state index in [0.717, 1.165) is 18.7 Å². The number of hydrogen-bond donors (Lipinski definition) is 1. The van der Waals surface area contributed by atoms with E-state index in [-0.39, 0.29) is 23.5 Å². The van der Waals surface area contributed by atoms with E-state index in [2.05, 4.69) is 10.2 Å². The van der Waals surface area contributed by atoms with Crippen LogP contribution in [0.1, 0.15) is 27.7 Å². The molecule has 5 nitrogen and oxygen atoms in total. The smallest absolute Gasteiger partial charge is 0.287 e. The number of aryl methyl sites for hydroxylation is 1. The number of fused-ring (bicyclic) bond motifs is 1. The van der Waals surface area contributed by atoms with Crippen molar-refractivity contribution in [3.8, 4) is 0 Å². The number of amides is 1. The van der Waals surface area contributed by atoms with Gasteiger partial charge in [-0.1, -0.05) is 29.8 Å². The van der Waals surface area contributed by atoms with Crippen molar-refractivity contribution in [1.29, 1.82) is 0 Å². The third-order valence-electron chi connectivity index (χ3n) is 5.31. The van der Waals surface area contributed by atoms with Crippen molar-refractivity contribution in [2.75, 3.05) is 32.8 Å². The number of nitrogens with zero attached hydrogens (tertiary/aromatic N) is 1. The van der Waals surface area contributed by atoms with Gasteiger partial charge >= 0.3 is 0 Å². The van der Waals surface area contributed by atoms with Crippen molar-refractivity contribution >= 4 is 28.5 Å². The summed E-state index contributed by atoms with van der Waals surface area (Å²) in [5.41, 5.74) is 2.07. The normalized spacial score (nSPS) is 16.1. The molecule has 0 spiro atoms. The van der Waals surface area contributed by atoms with Crippen LogP contribution in [-0.4, -0.2) is 43.7 Å². The van der Waals surface area contributed by atoms with E-state index in [1.54, 1.807) is 6.92 Å². The maximum absolute atomic E-state index is 13.5. The number of furan rings is 1. The Morgan fingerprint density at radius 2 is 2.00 bits per heavy atom. The molecule has 29 heavy (non-hydrogen) atoms. The largest absolute Gasteiger partial charge is 0.451 e. The summed E-state index contributed by atoms with van der Waals surface area (Å²) in [7, 11) is 0. The van der Waals surface area contributed by atoms with Gasteiger partial charge in [0.15, 0.2) is 5.76 Å². The molecule has 1 aliphatic rings. The topological polar surface area (TPSA) is 54.7 Å². The lowest BCUT2D eigenvalue weighted by Crippen LogP contribution is -2.44. The van der Waals surface area contributed by atoms with Gasteiger partial charge in [0.1, 0.15) is 11.4 Å². The van der Waals surface area contributed by atoms with E-state index in [4.69, 9.17) is 20.8 Å². The molecule has 152 valence electrons. The third-order valence-corrected chi connectivity index (χ3v) is 5.66. The summed E-state index contributed by atoms with van der Waals surface area (Å²) in [4.78, 5) is 15.1. The zero-order valence-electron chi connectivity index (χ0n) is 16.1. The number of morpholine rings is 1. The molecule has 0 unspecified atom stereocenters. The molecule has 1 aliphatic heterocycles. The molecule has 1 N–H and O–H groups in total. The minimum Gasteiger partial charge on any atom is -0.451 e. The second-order valence-electron chi connectivity index (χ2n) is 7.09. The maximum atomic E-state index is 13.5. The van der Waals surface area contributed by atoms with Gasteiger partial charge in [-0.15, -0.1) is 0 Å². The first kappa shape index (κ1) is 19.9. The Morgan fingerprint density at radius 3 is 2.76 bits per heavy atom. The van der Waals surface area contributed by atoms with Gasteiger partial charge < -0.3 is 14.5 Å². The first-order valence-electron chi connectivity index (χ1n) is 9.57. The average Bonchev–Trinajstić information content (AvgIpc) is 3.06. The number of hydrogen-bond acceptors (Lipinski definition) is 4. The van der Waals surface area contributed by atoms with Gasteiger partial charge in [0.05, 0.1) is 19.3 Å². The molecular formula is C22H22ClFN2O3. The summed E-state index contributed by atoms with van der Waals surface area (Å²) in [5.74, 6) is -0.491. The highest BCUT2D eigenvalue weighted by molar-refractivity contribution is 6.31. The Hall–Kier alpha value is -2.41. The molecule has 4 rings (SSSR count). The quantitative estimate of drug-likeness (QED) is 0.672. The fraction of sp³-hybridized carbons (Fsp3) is 0.318. The van der Waals surface area contributed by atoms with E-state index < -0.39 is 0 Å². The van der Waals surface area contributed by atoms with E-state index >= 15 is 0 Å². The lowest BCUT2D eigenvalue weighted by Gasteiger charge is -2.35. The number of halogens is 2. The van der Waals surface area contributed by atoms with E-state index in [1.807, 2.05) is 24.3 Å². The zero-order valence-corrected chi connectivity index (χ0v) is 16.8. The van der Waals surface area contributed by atoms with Crippen LogP contribution in [-0.2, 0) is 4.74 Å². The first-order chi connectivity index (χ1) is 14.0. The summed E-state index contributed by atoms with van der Waals surface area (Å²) in [5, 5.41) is 4.23. The Balaban J connectivity index is 1.56. The summed E-state index contributed by atoms with van der Waals surface area (Å²) >= 11 is 6.44. The van der Waals surface area contributed by atoms with Crippen LogP contribution < -0.4 is 5.32 Å². The molecule has 1 aromatic heterocycles. The summed E-state index contributed by atoms with van der Waals surface area (Å²) in [6, 6.07) is 11.8. The summed E-state index contributed by atoms with van der Waals surface area (Å²) < 4.78 is 24.7. The summed E-state index contributed by atoms with van der Waals surface area (Å²) in [6.07, 6.45) is 0. The van der Waals surface area contributed by atoms with Gasteiger partial charge in [0.2, 0.25) is 0 Å². The van der Waals surface area contributed by atoms with Crippen molar-refractivity contribution in [3.05, 3.63) is 70.2 Å². The number of carbonyl (C=O) groups is 1. The van der Waals surface area contributed by atoms with Crippen LogP contribution in [0.25, 0.3) is 11.0 Å². The first-order valence-corrected chi connectivity index (χ1v) is 9.95. The van der Waals surface area contributed by atoms with Crippen LogP contribution in [0.2, 0.25) is 5.02 Å². The molecule has 0 bridgehead atoms. The highest BCUT2D eigenvalue weighted by atomic mass is 35.5. The van der Waals surface area contributed by atoms with Crippen LogP contribution in [0.5, 0.6) is 0 Å². The Bertz CT molecular complexity index is 1030. The molecule has 0 radical (unpaired) electrons. The molecule has 0 aliphatic carbocycles. The lowest BCUT2D eigenvalue weighted by atomic mass is 10.0. The monoisotopic (exact) mass is 416 g/mol. The molecule has 3 aromatic rings. The molecule has 1 amide bonds. The number of nitrogens with one attached hydrogen (secondary N) is 1. The van der Waals surface area contributed by atoms with E-state index in [1.165, 1.54) is 18.2 Å². The van der Waals surface area contributed by atoms with Crippen molar-refractivity contribution in [3.63, 3.8) is 0 Å². The van der Waals surface area contributed by atoms with Crippen molar-refractivity contribution in [1.82, 2.24) is 10.2 Å². The minimum atomic E-state index is -0.362. The fourth-order valence-corrected chi connectivity index (χ4v) is 4.01. The van der Waals surface area contributed by atoms with E-state index in [9.17, 15) is 9.18 Å². The molecule has 1 fully saturated rings. The minimum absolute atomic E-state index is 0.0846. The standard InChI is InChI=1S/C22H22ClFN2O3/c1-14-17-12-15(24)6-7-20(17)29-21(14)22(27)25-13-19(26-8-10-28-11-9-26)16-4-2-3-5-18(16)23/h2-7,12,19H,8-11,13H2,1H3,(H,25,27)/t19-/m1/s1. The maximum Gasteiger partial charge on any atom is 0.287 e. The van der Waals surface area contributed by atoms with Crippen LogP contribution in [0.3, 0.4) is 0 Å². The molecule has 7 heteroatoms. The van der Waals surface area contributed by atoms with Gasteiger partial charge in [-0.3, -0.25) is 9.69 Å². The van der Waals surface area contributed by atoms with Crippen molar-refractivity contribution in [2.24, 2.45) is 0 Å². The highest BCUT2D eigenvalue weighted by Crippen LogP contribution is 2.29. The van der Waals surface area contributed by atoms with Crippen LogP contribution in [0, 0.1) is 12.7 Å². The second-order valence-corrected chi connectivity index (χ2v) is 7.50. The van der Waals surface area contributed by atoms with Gasteiger partial charge in [-0.05, 0) is 36.8 Å². The SMILES string of the molecule is Cc1c(C(=O)NC[C@H](c2ccccc2Cl)N2CCOCC2)oc2ccc(F)cc12. The van der Waals surface area contributed by atoms with Gasteiger partial charge in [-0.2, -0.15) is 0 Å². The van der Waals surface area contributed by atoms with Gasteiger partial charge in [0, 0.05) is 35.6 Å². The van der Waals surface area contributed by atoms with Crippen LogP contribution >= 0.6 is 11.6 Å². The zero-order chi connectivity index (χ0) is 20.4. The number of benzene rings is 2. The fourth-order valence-electron chi connectivity index (χ4n) is 3.75. The number of rotatable bonds is 5. The lowest BCUT2D eigenvalue weighted by molar-refractivity contribution is 0.0162. The number of carbonyl (C=O) groups excluding carboxylic acids is 1. The Labute approximate surface area is 173 Å². The third kappa shape index (κ3) is 4.15. The van der Waals surface area contributed by atoms with Crippen molar-refractivity contribution in [2.45, 2.75) is 13.0 Å². The Kier molecular flexibility index (Phi) is 5.85.